The van der Waals surface area contributed by atoms with Crippen LogP contribution in [0.15, 0.2) is 24.3 Å². The lowest BCUT2D eigenvalue weighted by atomic mass is 10.1. The first kappa shape index (κ1) is 17.3. The van der Waals surface area contributed by atoms with Crippen LogP contribution in [0.2, 0.25) is 0 Å². The first-order chi connectivity index (χ1) is 9.93. The standard InChI is InChI=1S/C14H20N2O4S/c1-21-7-6-12(14(19)20)16-13(18)11(15)8-9-2-4-10(17)5-3-9/h2-5,11-12,17H,6-8,15H2,1H3,(H,16,18)(H,19,20)/t11-,12+/m1/s1. The number of benzene rings is 1. The zero-order valence-corrected chi connectivity index (χ0v) is 12.6. The van der Waals surface area contributed by atoms with E-state index in [-0.39, 0.29) is 12.2 Å². The Kier molecular flexibility index (Phi) is 7.04. The van der Waals surface area contributed by atoms with Crippen molar-refractivity contribution < 1.29 is 19.8 Å². The minimum absolute atomic E-state index is 0.139. The molecule has 0 radical (unpaired) electrons. The second-order valence-corrected chi connectivity index (χ2v) is 5.64. The number of aliphatic carboxylic acids is 1. The molecule has 1 aromatic carbocycles. The van der Waals surface area contributed by atoms with E-state index in [1.807, 2.05) is 6.26 Å². The maximum Gasteiger partial charge on any atom is 0.326 e. The molecule has 21 heavy (non-hydrogen) atoms. The first-order valence-electron chi connectivity index (χ1n) is 6.49. The van der Waals surface area contributed by atoms with Crippen molar-refractivity contribution in [2.24, 2.45) is 5.73 Å². The molecule has 2 atom stereocenters. The van der Waals surface area contributed by atoms with Crippen molar-refractivity contribution in [3.05, 3.63) is 29.8 Å². The lowest BCUT2D eigenvalue weighted by molar-refractivity contribution is -0.142. The number of carboxylic acids is 1. The number of phenolic OH excluding ortho intramolecular Hbond substituents is 1. The normalized spacial score (nSPS) is 13.4. The van der Waals surface area contributed by atoms with Crippen LogP contribution < -0.4 is 11.1 Å². The molecular weight excluding hydrogens is 292 g/mol. The van der Waals surface area contributed by atoms with E-state index in [4.69, 9.17) is 10.8 Å². The van der Waals surface area contributed by atoms with Crippen LogP contribution in [0.1, 0.15) is 12.0 Å². The molecule has 1 aromatic rings. The molecule has 7 heteroatoms. The quantitative estimate of drug-likeness (QED) is 0.559. The van der Waals surface area contributed by atoms with Crippen LogP contribution in [0.25, 0.3) is 0 Å². The Morgan fingerprint density at radius 1 is 1.33 bits per heavy atom. The molecule has 6 nitrogen and oxygen atoms in total. The molecule has 0 aliphatic carbocycles. The van der Waals surface area contributed by atoms with Gasteiger partial charge in [-0.25, -0.2) is 4.79 Å². The van der Waals surface area contributed by atoms with Crippen molar-refractivity contribution in [2.45, 2.75) is 24.9 Å². The van der Waals surface area contributed by atoms with Crippen LogP contribution in [-0.2, 0) is 16.0 Å². The third kappa shape index (κ3) is 6.05. The van der Waals surface area contributed by atoms with Crippen LogP contribution in [0.5, 0.6) is 5.75 Å². The summed E-state index contributed by atoms with van der Waals surface area (Å²) < 4.78 is 0. The van der Waals surface area contributed by atoms with Crippen LogP contribution in [0.4, 0.5) is 0 Å². The van der Waals surface area contributed by atoms with Gasteiger partial charge in [0.15, 0.2) is 0 Å². The fraction of sp³-hybridized carbons (Fsp3) is 0.429. The smallest absolute Gasteiger partial charge is 0.326 e. The molecule has 1 rings (SSSR count). The Morgan fingerprint density at radius 2 is 1.95 bits per heavy atom. The summed E-state index contributed by atoms with van der Waals surface area (Å²) in [5.41, 5.74) is 6.59. The molecule has 0 spiro atoms. The fourth-order valence-corrected chi connectivity index (χ4v) is 2.22. The Hall–Kier alpha value is -1.73. The van der Waals surface area contributed by atoms with E-state index in [2.05, 4.69) is 5.32 Å². The highest BCUT2D eigenvalue weighted by atomic mass is 32.2. The summed E-state index contributed by atoms with van der Waals surface area (Å²) in [4.78, 5) is 23.0. The topological polar surface area (TPSA) is 113 Å². The van der Waals surface area contributed by atoms with Crippen molar-refractivity contribution in [2.75, 3.05) is 12.0 Å². The number of rotatable bonds is 8. The van der Waals surface area contributed by atoms with Gasteiger partial charge in [0.2, 0.25) is 5.91 Å². The number of hydrogen-bond acceptors (Lipinski definition) is 5. The second kappa shape index (κ2) is 8.53. The largest absolute Gasteiger partial charge is 0.508 e. The Morgan fingerprint density at radius 3 is 2.48 bits per heavy atom. The highest BCUT2D eigenvalue weighted by Gasteiger charge is 2.22. The summed E-state index contributed by atoms with van der Waals surface area (Å²) in [5.74, 6) is -0.768. The molecule has 0 heterocycles. The van der Waals surface area contributed by atoms with E-state index < -0.39 is 24.0 Å². The van der Waals surface area contributed by atoms with Gasteiger partial charge in [-0.05, 0) is 42.5 Å². The van der Waals surface area contributed by atoms with E-state index in [0.717, 1.165) is 5.56 Å². The number of carboxylic acid groups (broad SMARTS) is 1. The number of amides is 1. The summed E-state index contributed by atoms with van der Waals surface area (Å²) in [7, 11) is 0. The average Bonchev–Trinajstić information content (AvgIpc) is 2.45. The Balaban J connectivity index is 2.56. The van der Waals surface area contributed by atoms with Gasteiger partial charge in [0, 0.05) is 0 Å². The number of nitrogens with two attached hydrogens (primary N) is 1. The molecule has 5 N–H and O–H groups in total. The van der Waals surface area contributed by atoms with Gasteiger partial charge in [-0.1, -0.05) is 12.1 Å². The Bertz CT molecular complexity index is 478. The predicted octanol–water partition coefficient (Wildman–Crippen LogP) is 0.584. The van der Waals surface area contributed by atoms with Gasteiger partial charge in [-0.3, -0.25) is 4.79 Å². The number of carbonyl (C=O) groups excluding carboxylic acids is 1. The molecule has 1 amide bonds. The zero-order valence-electron chi connectivity index (χ0n) is 11.8. The number of thioether (sulfide) groups is 1. The van der Waals surface area contributed by atoms with Crippen molar-refractivity contribution in [3.8, 4) is 5.75 Å². The minimum Gasteiger partial charge on any atom is -0.508 e. The highest BCUT2D eigenvalue weighted by molar-refractivity contribution is 7.98. The van der Waals surface area contributed by atoms with E-state index in [9.17, 15) is 14.7 Å². The zero-order chi connectivity index (χ0) is 15.8. The SMILES string of the molecule is CSCC[C@H](NC(=O)[C@H](N)Cc1ccc(O)cc1)C(=O)O. The molecule has 0 fully saturated rings. The van der Waals surface area contributed by atoms with E-state index >= 15 is 0 Å². The number of carbonyl (C=O) groups is 2. The fourth-order valence-electron chi connectivity index (χ4n) is 1.75. The summed E-state index contributed by atoms with van der Waals surface area (Å²) in [6.45, 7) is 0. The average molecular weight is 312 g/mol. The number of phenols is 1. The van der Waals surface area contributed by atoms with Crippen LogP contribution in [0, 0.1) is 0 Å². The highest BCUT2D eigenvalue weighted by Crippen LogP contribution is 2.11. The monoisotopic (exact) mass is 312 g/mol. The number of aromatic hydroxyl groups is 1. The lowest BCUT2D eigenvalue weighted by Crippen LogP contribution is -2.49. The summed E-state index contributed by atoms with van der Waals surface area (Å²) >= 11 is 1.52. The number of nitrogens with one attached hydrogen (secondary N) is 1. The van der Waals surface area contributed by atoms with Crippen molar-refractivity contribution >= 4 is 23.6 Å². The molecule has 0 aliphatic heterocycles. The third-order valence-electron chi connectivity index (χ3n) is 2.95. The molecule has 0 aliphatic rings. The van der Waals surface area contributed by atoms with Gasteiger partial charge in [0.25, 0.3) is 0 Å². The summed E-state index contributed by atoms with van der Waals surface area (Å²) in [6, 6.07) is 4.62. The maximum absolute atomic E-state index is 11.9. The van der Waals surface area contributed by atoms with Gasteiger partial charge < -0.3 is 21.3 Å². The van der Waals surface area contributed by atoms with E-state index in [1.165, 1.54) is 23.9 Å². The summed E-state index contributed by atoms with van der Waals surface area (Å²) in [5, 5.41) is 20.7. The predicted molar refractivity (Wildman–Crippen MR) is 82.4 cm³/mol. The summed E-state index contributed by atoms with van der Waals surface area (Å²) in [6.07, 6.45) is 2.51. The molecule has 0 bridgehead atoms. The molecule has 116 valence electrons. The lowest BCUT2D eigenvalue weighted by Gasteiger charge is -2.17. The molecule has 0 aromatic heterocycles. The van der Waals surface area contributed by atoms with Gasteiger partial charge in [0.1, 0.15) is 11.8 Å². The van der Waals surface area contributed by atoms with Crippen molar-refractivity contribution in [1.82, 2.24) is 5.32 Å². The number of hydrogen-bond donors (Lipinski definition) is 4. The maximum atomic E-state index is 11.9. The van der Waals surface area contributed by atoms with Gasteiger partial charge >= 0.3 is 5.97 Å². The van der Waals surface area contributed by atoms with Gasteiger partial charge in [-0.15, -0.1) is 0 Å². The van der Waals surface area contributed by atoms with Crippen molar-refractivity contribution in [3.63, 3.8) is 0 Å². The van der Waals surface area contributed by atoms with Crippen LogP contribution in [-0.4, -0.2) is 46.2 Å². The van der Waals surface area contributed by atoms with Crippen molar-refractivity contribution in [1.29, 1.82) is 0 Å². The third-order valence-corrected chi connectivity index (χ3v) is 3.60. The Labute approximate surface area is 127 Å². The minimum atomic E-state index is -1.06. The molecule has 0 saturated carbocycles. The van der Waals surface area contributed by atoms with Crippen LogP contribution >= 0.6 is 11.8 Å². The first-order valence-corrected chi connectivity index (χ1v) is 7.89. The van der Waals surface area contributed by atoms with Gasteiger partial charge in [0.05, 0.1) is 6.04 Å². The molecular formula is C14H20N2O4S. The van der Waals surface area contributed by atoms with Gasteiger partial charge in [-0.2, -0.15) is 11.8 Å². The molecule has 0 saturated heterocycles. The van der Waals surface area contributed by atoms with E-state index in [0.29, 0.717) is 12.2 Å². The molecule has 0 unspecified atom stereocenters. The van der Waals surface area contributed by atoms with E-state index in [1.54, 1.807) is 12.1 Å². The second-order valence-electron chi connectivity index (χ2n) is 4.66. The van der Waals surface area contributed by atoms with Crippen LogP contribution in [0.3, 0.4) is 0 Å².